The second-order valence-electron chi connectivity index (χ2n) is 12.5. The Bertz CT molecular complexity index is 2800. The van der Waals surface area contributed by atoms with E-state index in [1.165, 1.54) is 9.13 Å². The van der Waals surface area contributed by atoms with Crippen molar-refractivity contribution in [2.24, 2.45) is 0 Å². The van der Waals surface area contributed by atoms with Gasteiger partial charge in [-0.2, -0.15) is 0 Å². The number of fused-ring (bicyclic) bond motifs is 4. The molecule has 1 unspecified atom stereocenters. The lowest BCUT2D eigenvalue weighted by molar-refractivity contribution is 0.750. The summed E-state index contributed by atoms with van der Waals surface area (Å²) in [5.74, 6) is 1.03. The maximum Gasteiger partial charge on any atom is 0.196 e. The average molecular weight is 781 g/mol. The minimum absolute atomic E-state index is 0.00658. The largest absolute Gasteiger partial charge is 0.340 e. The molecule has 216 valence electrons. The van der Waals surface area contributed by atoms with Crippen LogP contribution < -0.4 is 87.3 Å². The highest BCUT2D eigenvalue weighted by Crippen LogP contribution is 2.34. The summed E-state index contributed by atoms with van der Waals surface area (Å²) >= 11 is 6.92. The van der Waals surface area contributed by atoms with Crippen molar-refractivity contribution in [1.82, 2.24) is 9.13 Å². The van der Waals surface area contributed by atoms with E-state index in [0.717, 1.165) is 0 Å². The Kier molecular flexibility index (Phi) is 10.8. The monoisotopic (exact) mass is 782 g/mol. The van der Waals surface area contributed by atoms with Crippen molar-refractivity contribution in [3.63, 3.8) is 0 Å². The molecule has 0 N–H and O–H groups in total. The molecule has 32 radical (unpaired) electrons. The molecule has 0 amide bonds. The summed E-state index contributed by atoms with van der Waals surface area (Å²) in [5, 5.41) is -0.667. The highest BCUT2D eigenvalue weighted by Gasteiger charge is 2.28. The summed E-state index contributed by atoms with van der Waals surface area (Å²) < 4.78 is 3.03. The summed E-state index contributed by atoms with van der Waals surface area (Å²) in [4.78, 5) is 28.6. The van der Waals surface area contributed by atoms with E-state index in [1.807, 2.05) is 0 Å². The average Bonchev–Trinajstić information content (AvgIpc) is 3.14. The zero-order valence-corrected chi connectivity index (χ0v) is 31.2. The van der Waals surface area contributed by atoms with E-state index in [-0.39, 0.29) is 147 Å². The van der Waals surface area contributed by atoms with E-state index in [9.17, 15) is 9.59 Å². The molecule has 0 aliphatic heterocycles. The Morgan fingerprint density at radius 1 is 0.519 bits per heavy atom. The number of aromatic nitrogens is 2. The van der Waals surface area contributed by atoms with Gasteiger partial charge < -0.3 is 9.13 Å². The van der Waals surface area contributed by atoms with Gasteiger partial charge in [0.15, 0.2) is 10.9 Å². The number of pyridine rings is 2. The van der Waals surface area contributed by atoms with Gasteiger partial charge in [0.1, 0.15) is 118 Å². The molecule has 2 heterocycles. The second kappa shape index (κ2) is 14.2. The van der Waals surface area contributed by atoms with Crippen molar-refractivity contribution in [3.8, 4) is 12.3 Å². The van der Waals surface area contributed by atoms with E-state index in [1.54, 1.807) is 0 Å². The van der Waals surface area contributed by atoms with E-state index in [0.29, 0.717) is 0 Å². The molecule has 2 aromatic heterocycles. The van der Waals surface area contributed by atoms with Crippen molar-refractivity contribution in [3.05, 3.63) is 34.9 Å². The molecule has 1 atom stereocenters. The van der Waals surface area contributed by atoms with Gasteiger partial charge in [-0.1, -0.05) is 49.6 Å². The molecule has 4 nitrogen and oxygen atoms in total. The molecule has 22 heteroatoms. The molecular weight excluding hydrogens is 777 g/mol. The van der Waals surface area contributed by atoms with Gasteiger partial charge in [-0.15, -0.1) is 39.2 Å². The van der Waals surface area contributed by atoms with Gasteiger partial charge in [-0.05, 0) is 43.1 Å². The van der Waals surface area contributed by atoms with E-state index >= 15 is 0 Å². The predicted molar refractivity (Wildman–Crippen MR) is 250 cm³/mol. The molecule has 6 aromatic rings. The Hall–Kier alpha value is -2.88. The fraction of sp³-hybridized carbons (Fsp3) is 0.0625. The molecule has 4 aromatic carbocycles. The first kappa shape index (κ1) is 40.8. The fourth-order valence-corrected chi connectivity index (χ4v) is 8.01. The molecule has 0 bridgehead atoms. The number of benzene rings is 4. The van der Waals surface area contributed by atoms with Gasteiger partial charge in [0.05, 0.1) is 18.9 Å². The Morgan fingerprint density at radius 2 is 0.852 bits per heavy atom. The number of hydrogen-bond donors (Lipinski definition) is 0. The molecule has 0 saturated heterocycles. The van der Waals surface area contributed by atoms with E-state index < -0.39 is 16.7 Å². The highest BCUT2D eigenvalue weighted by molar-refractivity contribution is 9.11. The van der Waals surface area contributed by atoms with Crippen LogP contribution in [0.2, 0.25) is 5.82 Å². The molecule has 0 fully saturated rings. The minimum atomic E-state index is -1.36. The maximum absolute atomic E-state index is 14.3. The third-order valence-corrected chi connectivity index (χ3v) is 11.2. The Balaban J connectivity index is 1.88. The maximum atomic E-state index is 14.3. The summed E-state index contributed by atoms with van der Waals surface area (Å²) in [5.41, 5.74) is -3.94. The van der Waals surface area contributed by atoms with Crippen LogP contribution in [0.3, 0.4) is 0 Å². The quantitative estimate of drug-likeness (QED) is 0.102. The summed E-state index contributed by atoms with van der Waals surface area (Å²) in [6.07, 6.45) is 5.95. The van der Waals surface area contributed by atoms with Crippen molar-refractivity contribution in [2.75, 3.05) is 0 Å². The first-order valence-corrected chi connectivity index (χ1v) is 17.0. The lowest BCUT2D eigenvalue weighted by atomic mass is 9.64. The normalized spacial score (nSPS) is 12.8. The number of nitrogens with zero attached hydrogens (tertiary/aromatic N) is 2. The van der Waals surface area contributed by atoms with Crippen molar-refractivity contribution < 1.29 is 0 Å². The van der Waals surface area contributed by atoms with E-state index in [2.05, 4.69) is 37.8 Å². The molecule has 6 rings (SSSR count). The zero-order chi connectivity index (χ0) is 40.3. The first-order valence-electron chi connectivity index (χ1n) is 15.4. The van der Waals surface area contributed by atoms with Crippen LogP contribution in [0.25, 0.3) is 49.3 Å². The number of rotatable bonds is 4. The molecule has 0 aliphatic rings. The highest BCUT2D eigenvalue weighted by atomic mass is 79.9. The molecule has 0 spiro atoms. The molecule has 54 heavy (non-hydrogen) atoms. The van der Waals surface area contributed by atoms with Crippen LogP contribution in [0.5, 0.6) is 0 Å². The summed E-state index contributed by atoms with van der Waals surface area (Å²) in [6.45, 7) is -0.369. The van der Waals surface area contributed by atoms with Crippen LogP contribution in [0, 0.1) is 12.3 Å². The lowest BCUT2D eigenvalue weighted by Crippen LogP contribution is -2.51. The van der Waals surface area contributed by atoms with Crippen molar-refractivity contribution >= 4 is 283 Å². The number of allylic oxidation sites excluding steroid dienone is 2. The Morgan fingerprint density at radius 3 is 1.30 bits per heavy atom. The lowest BCUT2D eigenvalue weighted by Gasteiger charge is -2.32. The molecular formula is C32H4B16Br2N2O2. The topological polar surface area (TPSA) is 44.0 Å². The smallest absolute Gasteiger partial charge is 0.196 e. The van der Waals surface area contributed by atoms with Gasteiger partial charge in [0, 0.05) is 53.8 Å². The van der Waals surface area contributed by atoms with Crippen molar-refractivity contribution in [1.29, 1.82) is 0 Å². The van der Waals surface area contributed by atoms with E-state index in [4.69, 9.17) is 132 Å². The van der Waals surface area contributed by atoms with Crippen molar-refractivity contribution in [2.45, 2.75) is 12.4 Å². The summed E-state index contributed by atoms with van der Waals surface area (Å²) in [6, 6.07) is 0. The zero-order valence-electron chi connectivity index (χ0n) is 28.1. The molecule has 0 saturated carbocycles. The van der Waals surface area contributed by atoms with Gasteiger partial charge in [0.2, 0.25) is 0 Å². The standard InChI is InChI=1S/C32H4B16Br2N2O2/c1-2-4(33)26(52-28-7(11(36)15(40)19(44)23(28)48)32(54)9-13(38)17(42)21(46)25(50)30(9)52)5(34)3-51-27-6(10(35)14(39)18(43)22(27)47)31(53)8-12(37)16(41)20(45)24(49)29(8)51/h1,5H,3H2/b26-4-. The van der Waals surface area contributed by atoms with Gasteiger partial charge in [-0.25, -0.2) is 0 Å². The van der Waals surface area contributed by atoms with Crippen LogP contribution in [0.4, 0.5) is 0 Å². The van der Waals surface area contributed by atoms with Gasteiger partial charge in [0.25, 0.3) is 0 Å². The van der Waals surface area contributed by atoms with Crippen LogP contribution in [0.15, 0.2) is 24.0 Å². The minimum Gasteiger partial charge on any atom is -0.340 e. The van der Waals surface area contributed by atoms with Gasteiger partial charge >= 0.3 is 0 Å². The number of hydrogen-bond acceptors (Lipinski definition) is 2. The van der Waals surface area contributed by atoms with Gasteiger partial charge in [-0.3, -0.25) is 9.59 Å². The fourth-order valence-electron chi connectivity index (χ4n) is 6.79. The third kappa shape index (κ3) is 5.55. The van der Waals surface area contributed by atoms with Crippen LogP contribution in [-0.2, 0) is 6.54 Å². The summed E-state index contributed by atoms with van der Waals surface area (Å²) in [7, 11) is 103. The molecule has 0 aliphatic carbocycles. The first-order chi connectivity index (χ1) is 25.1. The van der Waals surface area contributed by atoms with Crippen LogP contribution in [0.1, 0.15) is 0 Å². The van der Waals surface area contributed by atoms with Crippen LogP contribution in [-0.4, -0.2) is 135 Å². The van der Waals surface area contributed by atoms with Crippen LogP contribution >= 0.6 is 31.9 Å². The number of terminal acetylenes is 1. The SMILES string of the molecule is [B]/C(C#C)=C(/C([B])Cn1c2c([B])c([B])c([B])c([B])c2c(=O)c2c([B])c([B])c([B])c(Br)c21)n1c2c([B])c([B])c([B])c([B])c2c(=O)c2c([B])c([B])c([B])c(Br)c21. The Labute approximate surface area is 349 Å². The number of halogens is 2. The predicted octanol–water partition coefficient (Wildman–Crippen LogP) is -10.1. The second-order valence-corrected chi connectivity index (χ2v) is 14.1. The third-order valence-electron chi connectivity index (χ3n) is 9.62.